The maximum Gasteiger partial charge on any atom is 0.421 e. The fourth-order valence-electron chi connectivity index (χ4n) is 0.914. The Morgan fingerprint density at radius 3 is 2.27 bits per heavy atom. The summed E-state index contributed by atoms with van der Waals surface area (Å²) in [5.41, 5.74) is -2.60. The van der Waals surface area contributed by atoms with Gasteiger partial charge in [-0.2, -0.15) is 13.2 Å². The van der Waals surface area contributed by atoms with Crippen LogP contribution in [0.3, 0.4) is 0 Å². The molecule has 0 unspecified atom stereocenters. The standard InChI is InChI=1S/C7H3BrF5NO/c8-4-3(7(11,12)13)2(15)1-14-5(4)6(9)10/h1,6,15H. The van der Waals surface area contributed by atoms with Crippen LogP contribution < -0.4 is 0 Å². The summed E-state index contributed by atoms with van der Waals surface area (Å²) in [4.78, 5) is 3.00. The maximum atomic E-state index is 12.3. The van der Waals surface area contributed by atoms with Gasteiger partial charge >= 0.3 is 6.18 Å². The molecular formula is C7H3BrF5NO. The summed E-state index contributed by atoms with van der Waals surface area (Å²) in [6, 6.07) is 0. The second-order valence-corrected chi connectivity index (χ2v) is 3.31. The Morgan fingerprint density at radius 2 is 1.87 bits per heavy atom. The molecule has 0 saturated heterocycles. The first-order chi connectivity index (χ1) is 6.75. The van der Waals surface area contributed by atoms with Gasteiger partial charge in [0, 0.05) is 0 Å². The highest BCUT2D eigenvalue weighted by atomic mass is 79.9. The van der Waals surface area contributed by atoms with Crippen molar-refractivity contribution in [1.29, 1.82) is 0 Å². The van der Waals surface area contributed by atoms with Crippen LogP contribution in [0, 0.1) is 0 Å². The van der Waals surface area contributed by atoms with Gasteiger partial charge in [0.2, 0.25) is 0 Å². The SMILES string of the molecule is Oc1cnc(C(F)F)c(Br)c1C(F)(F)F. The average Bonchev–Trinajstić information content (AvgIpc) is 2.00. The monoisotopic (exact) mass is 291 g/mol. The van der Waals surface area contributed by atoms with Crippen LogP contribution in [0.25, 0.3) is 0 Å². The summed E-state index contributed by atoms with van der Waals surface area (Å²) in [5, 5.41) is 8.88. The lowest BCUT2D eigenvalue weighted by Crippen LogP contribution is -2.09. The van der Waals surface area contributed by atoms with Crippen LogP contribution in [0.1, 0.15) is 17.7 Å². The van der Waals surface area contributed by atoms with Gasteiger partial charge in [0.25, 0.3) is 6.43 Å². The first-order valence-electron chi connectivity index (χ1n) is 3.48. The number of nitrogens with zero attached hydrogens (tertiary/aromatic N) is 1. The topological polar surface area (TPSA) is 33.1 Å². The van der Waals surface area contributed by atoms with Crippen molar-refractivity contribution in [3.8, 4) is 5.75 Å². The summed E-state index contributed by atoms with van der Waals surface area (Å²) >= 11 is 2.35. The van der Waals surface area contributed by atoms with Crippen LogP contribution in [0.2, 0.25) is 0 Å². The van der Waals surface area contributed by atoms with Gasteiger partial charge < -0.3 is 5.11 Å². The van der Waals surface area contributed by atoms with E-state index in [1.165, 1.54) is 0 Å². The highest BCUT2D eigenvalue weighted by molar-refractivity contribution is 9.10. The molecule has 2 nitrogen and oxygen atoms in total. The molecule has 0 radical (unpaired) electrons. The van der Waals surface area contributed by atoms with E-state index in [9.17, 15) is 22.0 Å². The summed E-state index contributed by atoms with van der Waals surface area (Å²) in [7, 11) is 0. The van der Waals surface area contributed by atoms with Crippen molar-refractivity contribution in [2.75, 3.05) is 0 Å². The third-order valence-corrected chi connectivity index (χ3v) is 2.32. The number of aromatic hydroxyl groups is 1. The number of alkyl halides is 5. The van der Waals surface area contributed by atoms with Crippen LogP contribution in [0.15, 0.2) is 10.7 Å². The molecular weight excluding hydrogens is 289 g/mol. The van der Waals surface area contributed by atoms with E-state index in [0.29, 0.717) is 6.20 Å². The van der Waals surface area contributed by atoms with Gasteiger partial charge in [-0.15, -0.1) is 0 Å². The fraction of sp³-hybridized carbons (Fsp3) is 0.286. The lowest BCUT2D eigenvalue weighted by Gasteiger charge is -2.12. The molecule has 0 spiro atoms. The molecule has 0 saturated carbocycles. The third kappa shape index (κ3) is 2.36. The summed E-state index contributed by atoms with van der Waals surface area (Å²) in [6.07, 6.45) is -7.73. The molecule has 84 valence electrons. The zero-order valence-electron chi connectivity index (χ0n) is 6.82. The van der Waals surface area contributed by atoms with Gasteiger partial charge in [0.1, 0.15) is 17.0 Å². The lowest BCUT2D eigenvalue weighted by atomic mass is 10.2. The highest BCUT2D eigenvalue weighted by Crippen LogP contribution is 2.43. The zero-order valence-corrected chi connectivity index (χ0v) is 8.40. The minimum atomic E-state index is -4.92. The molecule has 0 atom stereocenters. The van der Waals surface area contributed by atoms with E-state index < -0.39 is 34.1 Å². The average molecular weight is 292 g/mol. The van der Waals surface area contributed by atoms with Crippen LogP contribution in [0.5, 0.6) is 5.75 Å². The largest absolute Gasteiger partial charge is 0.506 e. The van der Waals surface area contributed by atoms with Crippen molar-refractivity contribution < 1.29 is 27.1 Å². The Labute approximate surface area is 88.9 Å². The van der Waals surface area contributed by atoms with Crippen LogP contribution in [-0.4, -0.2) is 10.1 Å². The predicted octanol–water partition coefficient (Wildman–Crippen LogP) is 3.51. The molecule has 0 fully saturated rings. The Morgan fingerprint density at radius 1 is 1.33 bits per heavy atom. The van der Waals surface area contributed by atoms with Gasteiger partial charge in [-0.25, -0.2) is 8.78 Å². The molecule has 0 aliphatic rings. The molecule has 8 heteroatoms. The molecule has 1 aromatic heterocycles. The van der Waals surface area contributed by atoms with Crippen molar-refractivity contribution in [2.45, 2.75) is 12.6 Å². The highest BCUT2D eigenvalue weighted by Gasteiger charge is 2.38. The first-order valence-corrected chi connectivity index (χ1v) is 4.27. The van der Waals surface area contributed by atoms with Gasteiger partial charge in [-0.1, -0.05) is 0 Å². The number of hydrogen-bond acceptors (Lipinski definition) is 2. The van der Waals surface area contributed by atoms with E-state index in [0.717, 1.165) is 0 Å². The minimum absolute atomic E-state index is 0.342. The molecule has 0 aliphatic carbocycles. The fourth-order valence-corrected chi connectivity index (χ4v) is 1.62. The van der Waals surface area contributed by atoms with Gasteiger partial charge in [-0.3, -0.25) is 4.98 Å². The molecule has 0 amide bonds. The molecule has 1 aromatic rings. The summed E-state index contributed by atoms with van der Waals surface area (Å²) in [5.74, 6) is -1.20. The Kier molecular flexibility index (Phi) is 3.17. The second-order valence-electron chi connectivity index (χ2n) is 2.52. The lowest BCUT2D eigenvalue weighted by molar-refractivity contribution is -0.139. The van der Waals surface area contributed by atoms with E-state index in [2.05, 4.69) is 20.9 Å². The van der Waals surface area contributed by atoms with E-state index in [-0.39, 0.29) is 0 Å². The van der Waals surface area contributed by atoms with Crippen LogP contribution in [0.4, 0.5) is 22.0 Å². The van der Waals surface area contributed by atoms with Gasteiger partial charge in [0.15, 0.2) is 0 Å². The molecule has 0 aromatic carbocycles. The van der Waals surface area contributed by atoms with Crippen molar-refractivity contribution in [2.24, 2.45) is 0 Å². The zero-order chi connectivity index (χ0) is 11.8. The van der Waals surface area contributed by atoms with Crippen molar-refractivity contribution >= 4 is 15.9 Å². The van der Waals surface area contributed by atoms with Gasteiger partial charge in [0.05, 0.1) is 10.7 Å². The quantitative estimate of drug-likeness (QED) is 0.803. The van der Waals surface area contributed by atoms with E-state index in [1.807, 2.05) is 0 Å². The van der Waals surface area contributed by atoms with E-state index >= 15 is 0 Å². The summed E-state index contributed by atoms with van der Waals surface area (Å²) < 4.78 is 60.3. The molecule has 1 N–H and O–H groups in total. The minimum Gasteiger partial charge on any atom is -0.506 e. The van der Waals surface area contributed by atoms with Crippen LogP contribution in [-0.2, 0) is 6.18 Å². The van der Waals surface area contributed by atoms with E-state index in [1.54, 1.807) is 0 Å². The normalized spacial score (nSPS) is 12.2. The van der Waals surface area contributed by atoms with Gasteiger partial charge in [-0.05, 0) is 15.9 Å². The second kappa shape index (κ2) is 3.92. The summed E-state index contributed by atoms with van der Waals surface area (Å²) in [6.45, 7) is 0. The van der Waals surface area contributed by atoms with Crippen molar-refractivity contribution in [3.63, 3.8) is 0 Å². The third-order valence-electron chi connectivity index (χ3n) is 1.52. The molecule has 1 rings (SSSR count). The number of rotatable bonds is 1. The number of pyridine rings is 1. The van der Waals surface area contributed by atoms with Crippen LogP contribution >= 0.6 is 15.9 Å². The number of hydrogen-bond donors (Lipinski definition) is 1. The van der Waals surface area contributed by atoms with E-state index in [4.69, 9.17) is 5.11 Å². The van der Waals surface area contributed by atoms with Crippen molar-refractivity contribution in [3.05, 3.63) is 21.9 Å². The molecule has 0 aliphatic heterocycles. The first kappa shape index (κ1) is 12.2. The Hall–Kier alpha value is -0.920. The Bertz CT molecular complexity index is 378. The molecule has 1 heterocycles. The number of halogens is 6. The van der Waals surface area contributed by atoms with Crippen molar-refractivity contribution in [1.82, 2.24) is 4.98 Å². The molecule has 15 heavy (non-hydrogen) atoms. The smallest absolute Gasteiger partial charge is 0.421 e. The maximum absolute atomic E-state index is 12.3. The molecule has 0 bridgehead atoms. The number of aromatic nitrogens is 1. The predicted molar refractivity (Wildman–Crippen MR) is 43.6 cm³/mol. The Balaban J connectivity index is 3.44.